The van der Waals surface area contributed by atoms with Gasteiger partial charge in [-0.1, -0.05) is 30.3 Å². The molecule has 19 heavy (non-hydrogen) atoms. The summed E-state index contributed by atoms with van der Waals surface area (Å²) in [6.07, 6.45) is 1.11. The number of nitrogens with one attached hydrogen (secondary N) is 1. The van der Waals surface area contributed by atoms with Crippen molar-refractivity contribution >= 4 is 17.9 Å². The van der Waals surface area contributed by atoms with E-state index in [1.807, 2.05) is 30.3 Å². The van der Waals surface area contributed by atoms with Crippen LogP contribution >= 0.6 is 11.8 Å². The van der Waals surface area contributed by atoms with E-state index in [1.165, 1.54) is 0 Å². The standard InChI is InChI=1S/C14H16N2O2S/c15-10-14(7-4-8-19-11-14)16-13(17)18-9-12-5-2-1-3-6-12/h1-3,5-6H,4,7-9,11H2,(H,16,17). The molecule has 0 bridgehead atoms. The van der Waals surface area contributed by atoms with E-state index >= 15 is 0 Å². The molecule has 1 amide bonds. The Morgan fingerprint density at radius 3 is 2.89 bits per heavy atom. The number of carbonyl (C=O) groups is 1. The third kappa shape index (κ3) is 3.90. The minimum absolute atomic E-state index is 0.224. The second-order valence-electron chi connectivity index (χ2n) is 4.54. The number of hydrogen-bond acceptors (Lipinski definition) is 4. The molecular formula is C14H16N2O2S. The summed E-state index contributed by atoms with van der Waals surface area (Å²) in [4.78, 5) is 11.8. The number of amides is 1. The summed E-state index contributed by atoms with van der Waals surface area (Å²) in [7, 11) is 0. The quantitative estimate of drug-likeness (QED) is 0.922. The maximum atomic E-state index is 11.8. The fourth-order valence-electron chi connectivity index (χ4n) is 1.96. The SMILES string of the molecule is N#CC1(NC(=O)OCc2ccccc2)CCCSC1. The van der Waals surface area contributed by atoms with Crippen LogP contribution in [0.15, 0.2) is 30.3 Å². The number of thioether (sulfide) groups is 1. The normalized spacial score (nSPS) is 22.3. The second kappa shape index (κ2) is 6.48. The highest BCUT2D eigenvalue weighted by Crippen LogP contribution is 2.26. The molecule has 0 radical (unpaired) electrons. The molecule has 2 rings (SSSR count). The first-order valence-corrected chi connectivity index (χ1v) is 7.37. The highest BCUT2D eigenvalue weighted by molar-refractivity contribution is 7.99. The smallest absolute Gasteiger partial charge is 0.408 e. The summed E-state index contributed by atoms with van der Waals surface area (Å²) in [6, 6.07) is 11.7. The van der Waals surface area contributed by atoms with E-state index in [0.29, 0.717) is 12.2 Å². The Balaban J connectivity index is 1.85. The topological polar surface area (TPSA) is 62.1 Å². The number of hydrogen-bond donors (Lipinski definition) is 1. The molecule has 0 saturated carbocycles. The Kier molecular flexibility index (Phi) is 4.69. The Morgan fingerprint density at radius 2 is 2.26 bits per heavy atom. The predicted molar refractivity (Wildman–Crippen MR) is 74.7 cm³/mol. The zero-order chi connectivity index (χ0) is 13.6. The van der Waals surface area contributed by atoms with Gasteiger partial charge in [0.25, 0.3) is 0 Å². The molecular weight excluding hydrogens is 260 g/mol. The number of nitriles is 1. The van der Waals surface area contributed by atoms with Crippen LogP contribution in [0.25, 0.3) is 0 Å². The van der Waals surface area contributed by atoms with Crippen molar-refractivity contribution in [3.63, 3.8) is 0 Å². The van der Waals surface area contributed by atoms with Gasteiger partial charge in [0.2, 0.25) is 0 Å². The number of carbonyl (C=O) groups excluding carboxylic acids is 1. The molecule has 1 aromatic carbocycles. The molecule has 1 aliphatic heterocycles. The van der Waals surface area contributed by atoms with Gasteiger partial charge in [0, 0.05) is 5.75 Å². The number of benzene rings is 1. The van der Waals surface area contributed by atoms with Crippen molar-refractivity contribution in [2.45, 2.75) is 25.0 Å². The lowest BCUT2D eigenvalue weighted by Crippen LogP contribution is -2.51. The van der Waals surface area contributed by atoms with Crippen LogP contribution in [0.2, 0.25) is 0 Å². The number of rotatable bonds is 3. The molecule has 1 unspecified atom stereocenters. The molecule has 1 aliphatic rings. The number of alkyl carbamates (subject to hydrolysis) is 1. The minimum atomic E-state index is -0.767. The van der Waals surface area contributed by atoms with Gasteiger partial charge in [-0.05, 0) is 24.2 Å². The van der Waals surface area contributed by atoms with Gasteiger partial charge in [-0.3, -0.25) is 0 Å². The van der Waals surface area contributed by atoms with Gasteiger partial charge in [0.15, 0.2) is 0 Å². The van der Waals surface area contributed by atoms with Crippen molar-refractivity contribution in [3.8, 4) is 6.07 Å². The van der Waals surface area contributed by atoms with E-state index in [4.69, 9.17) is 4.74 Å². The van der Waals surface area contributed by atoms with Gasteiger partial charge >= 0.3 is 6.09 Å². The van der Waals surface area contributed by atoms with E-state index < -0.39 is 11.6 Å². The number of ether oxygens (including phenoxy) is 1. The van der Waals surface area contributed by atoms with Crippen LogP contribution in [0.5, 0.6) is 0 Å². The first-order chi connectivity index (χ1) is 9.24. The molecule has 5 heteroatoms. The average Bonchev–Trinajstić information content (AvgIpc) is 2.47. The summed E-state index contributed by atoms with van der Waals surface area (Å²) >= 11 is 1.69. The van der Waals surface area contributed by atoms with Crippen molar-refractivity contribution in [2.75, 3.05) is 11.5 Å². The molecule has 1 aromatic rings. The monoisotopic (exact) mass is 276 g/mol. The van der Waals surface area contributed by atoms with E-state index in [2.05, 4.69) is 11.4 Å². The van der Waals surface area contributed by atoms with Gasteiger partial charge in [-0.2, -0.15) is 17.0 Å². The van der Waals surface area contributed by atoms with Crippen molar-refractivity contribution in [1.82, 2.24) is 5.32 Å². The van der Waals surface area contributed by atoms with E-state index in [0.717, 1.165) is 17.7 Å². The zero-order valence-electron chi connectivity index (χ0n) is 10.6. The maximum absolute atomic E-state index is 11.8. The lowest BCUT2D eigenvalue weighted by atomic mass is 9.98. The number of nitrogens with zero attached hydrogens (tertiary/aromatic N) is 1. The molecule has 1 heterocycles. The molecule has 100 valence electrons. The van der Waals surface area contributed by atoms with Crippen LogP contribution in [0, 0.1) is 11.3 Å². The van der Waals surface area contributed by atoms with E-state index in [1.54, 1.807) is 11.8 Å². The van der Waals surface area contributed by atoms with Crippen LogP contribution < -0.4 is 5.32 Å². The molecule has 1 saturated heterocycles. The first-order valence-electron chi connectivity index (χ1n) is 6.22. The van der Waals surface area contributed by atoms with Gasteiger partial charge in [-0.25, -0.2) is 4.79 Å². The summed E-state index contributed by atoms with van der Waals surface area (Å²) < 4.78 is 5.15. The average molecular weight is 276 g/mol. The summed E-state index contributed by atoms with van der Waals surface area (Å²) in [5.41, 5.74) is 0.165. The Hall–Kier alpha value is -1.67. The predicted octanol–water partition coefficient (Wildman–Crippen LogP) is 2.70. The lowest BCUT2D eigenvalue weighted by Gasteiger charge is -2.30. The van der Waals surface area contributed by atoms with E-state index in [-0.39, 0.29) is 6.61 Å². The second-order valence-corrected chi connectivity index (χ2v) is 5.64. The third-order valence-electron chi connectivity index (χ3n) is 3.01. The Bertz CT molecular complexity index is 464. The first kappa shape index (κ1) is 13.8. The molecule has 1 fully saturated rings. The highest BCUT2D eigenvalue weighted by atomic mass is 32.2. The largest absolute Gasteiger partial charge is 0.445 e. The van der Waals surface area contributed by atoms with Crippen LogP contribution in [0.3, 0.4) is 0 Å². The van der Waals surface area contributed by atoms with E-state index in [9.17, 15) is 10.1 Å². The Morgan fingerprint density at radius 1 is 1.47 bits per heavy atom. The van der Waals surface area contributed by atoms with Gasteiger partial charge in [0.05, 0.1) is 6.07 Å². The fourth-order valence-corrected chi connectivity index (χ4v) is 3.09. The van der Waals surface area contributed by atoms with Gasteiger partial charge in [0.1, 0.15) is 12.1 Å². The molecule has 0 aliphatic carbocycles. The summed E-state index contributed by atoms with van der Waals surface area (Å²) in [6.45, 7) is 0.224. The molecule has 1 N–H and O–H groups in total. The minimum Gasteiger partial charge on any atom is -0.445 e. The maximum Gasteiger partial charge on any atom is 0.408 e. The van der Waals surface area contributed by atoms with Crippen molar-refractivity contribution < 1.29 is 9.53 Å². The summed E-state index contributed by atoms with van der Waals surface area (Å²) in [5, 5.41) is 12.0. The van der Waals surface area contributed by atoms with Crippen molar-refractivity contribution in [1.29, 1.82) is 5.26 Å². The van der Waals surface area contributed by atoms with Crippen molar-refractivity contribution in [2.24, 2.45) is 0 Å². The van der Waals surface area contributed by atoms with Crippen molar-refractivity contribution in [3.05, 3.63) is 35.9 Å². The van der Waals surface area contributed by atoms with Crippen LogP contribution in [0.4, 0.5) is 4.79 Å². The van der Waals surface area contributed by atoms with Gasteiger partial charge < -0.3 is 10.1 Å². The fraction of sp³-hybridized carbons (Fsp3) is 0.429. The highest BCUT2D eigenvalue weighted by Gasteiger charge is 2.34. The summed E-state index contributed by atoms with van der Waals surface area (Å²) in [5.74, 6) is 1.67. The van der Waals surface area contributed by atoms with Crippen LogP contribution in [-0.4, -0.2) is 23.1 Å². The van der Waals surface area contributed by atoms with Gasteiger partial charge in [-0.15, -0.1) is 0 Å². The zero-order valence-corrected chi connectivity index (χ0v) is 11.4. The molecule has 4 nitrogen and oxygen atoms in total. The van der Waals surface area contributed by atoms with Crippen LogP contribution in [-0.2, 0) is 11.3 Å². The molecule has 1 atom stereocenters. The van der Waals surface area contributed by atoms with Crippen LogP contribution in [0.1, 0.15) is 18.4 Å². The molecule has 0 spiro atoms. The Labute approximate surface area is 117 Å². The third-order valence-corrected chi connectivity index (χ3v) is 4.28. The lowest BCUT2D eigenvalue weighted by molar-refractivity contribution is 0.132. The molecule has 0 aromatic heterocycles.